The molecule has 0 nitrogen and oxygen atoms in total. The van der Waals surface area contributed by atoms with Gasteiger partial charge in [0.05, 0.1) is 0 Å². The summed E-state index contributed by atoms with van der Waals surface area (Å²) in [6.07, 6.45) is 6.79. The zero-order valence-electron chi connectivity index (χ0n) is 7.04. The van der Waals surface area contributed by atoms with Crippen molar-refractivity contribution in [2.45, 2.75) is 46.0 Å². The third-order valence-corrected chi connectivity index (χ3v) is 1.88. The van der Waals surface area contributed by atoms with Crippen LogP contribution in [-0.4, -0.2) is 0 Å². The summed E-state index contributed by atoms with van der Waals surface area (Å²) in [4.78, 5) is 0. The Labute approximate surface area is 63.6 Å². The maximum Gasteiger partial charge on any atom is -0.0244 e. The molecular weight excluding hydrogens is 120 g/mol. The predicted molar refractivity (Wildman–Crippen MR) is 45.0 cm³/mol. The molecule has 0 amide bonds. The second kappa shape index (κ2) is 3.63. The summed E-state index contributed by atoms with van der Waals surface area (Å²) in [5, 5.41) is 0. The van der Waals surface area contributed by atoms with Crippen molar-refractivity contribution in [2.24, 2.45) is 0 Å². The molecular formula is C10H16. The molecule has 0 aromatic heterocycles. The lowest BCUT2D eigenvalue weighted by atomic mass is 9.95. The fourth-order valence-electron chi connectivity index (χ4n) is 1.46. The monoisotopic (exact) mass is 136 g/mol. The van der Waals surface area contributed by atoms with E-state index in [4.69, 9.17) is 0 Å². The zero-order valence-corrected chi connectivity index (χ0v) is 7.04. The summed E-state index contributed by atoms with van der Waals surface area (Å²) in [6, 6.07) is 0. The maximum absolute atomic E-state index is 3.42. The number of hydrogen-bond acceptors (Lipinski definition) is 0. The third-order valence-electron chi connectivity index (χ3n) is 1.88. The Kier molecular flexibility index (Phi) is 2.77. The molecule has 0 heterocycles. The molecule has 0 spiro atoms. The van der Waals surface area contributed by atoms with Crippen molar-refractivity contribution in [3.8, 4) is 0 Å². The molecule has 0 radical (unpaired) electrons. The van der Waals surface area contributed by atoms with Gasteiger partial charge in [-0.15, -0.1) is 5.73 Å². The van der Waals surface area contributed by atoms with E-state index in [9.17, 15) is 0 Å². The quantitative estimate of drug-likeness (QED) is 0.447. The van der Waals surface area contributed by atoms with Crippen LogP contribution in [0.4, 0.5) is 0 Å². The van der Waals surface area contributed by atoms with Gasteiger partial charge in [-0.1, -0.05) is 6.42 Å². The number of rotatable bonds is 0. The van der Waals surface area contributed by atoms with Gasteiger partial charge in [0.25, 0.3) is 0 Å². The molecule has 1 saturated carbocycles. The molecule has 0 heteroatoms. The Hall–Kier alpha value is -0.480. The summed E-state index contributed by atoms with van der Waals surface area (Å²) < 4.78 is 0. The molecule has 0 atom stereocenters. The van der Waals surface area contributed by atoms with Crippen LogP contribution in [0.25, 0.3) is 0 Å². The highest BCUT2D eigenvalue weighted by molar-refractivity contribution is 5.07. The van der Waals surface area contributed by atoms with Gasteiger partial charge in [0.1, 0.15) is 0 Å². The summed E-state index contributed by atoms with van der Waals surface area (Å²) >= 11 is 0. The van der Waals surface area contributed by atoms with Gasteiger partial charge in [-0.3, -0.25) is 0 Å². The number of allylic oxidation sites excluding steroid dienone is 1. The molecule has 0 N–H and O–H groups in total. The smallest absolute Gasteiger partial charge is 0.0244 e. The molecule has 0 aromatic carbocycles. The van der Waals surface area contributed by atoms with E-state index in [2.05, 4.69) is 19.6 Å². The molecule has 0 bridgehead atoms. The summed E-state index contributed by atoms with van der Waals surface area (Å²) in [7, 11) is 0. The largest absolute Gasteiger partial charge is 0.123 e. The average molecular weight is 136 g/mol. The minimum Gasteiger partial charge on any atom is -0.123 e. The molecule has 10 heavy (non-hydrogen) atoms. The van der Waals surface area contributed by atoms with Crippen LogP contribution in [0.1, 0.15) is 46.0 Å². The van der Waals surface area contributed by atoms with Crippen LogP contribution in [0.3, 0.4) is 0 Å². The first kappa shape index (κ1) is 7.63. The molecule has 1 rings (SSSR count). The van der Waals surface area contributed by atoms with E-state index < -0.39 is 0 Å². The Morgan fingerprint density at radius 1 is 1.10 bits per heavy atom. The standard InChI is InChI=1S/C10H16/c1-9(2)8-10-6-4-3-5-7-10/h3-7H2,1-2H3. The van der Waals surface area contributed by atoms with Crippen molar-refractivity contribution in [3.63, 3.8) is 0 Å². The highest BCUT2D eigenvalue weighted by atomic mass is 14.1. The van der Waals surface area contributed by atoms with E-state index in [0.717, 1.165) is 0 Å². The topological polar surface area (TPSA) is 0 Å². The van der Waals surface area contributed by atoms with Crippen molar-refractivity contribution in [1.29, 1.82) is 0 Å². The van der Waals surface area contributed by atoms with Crippen LogP contribution in [-0.2, 0) is 0 Å². The lowest BCUT2D eigenvalue weighted by Crippen LogP contribution is -1.91. The van der Waals surface area contributed by atoms with Crippen molar-refractivity contribution in [2.75, 3.05) is 0 Å². The van der Waals surface area contributed by atoms with Gasteiger partial charge >= 0.3 is 0 Å². The number of hydrogen-bond donors (Lipinski definition) is 0. The summed E-state index contributed by atoms with van der Waals surface area (Å²) in [5.41, 5.74) is 6.29. The molecule has 0 saturated heterocycles. The fourth-order valence-corrected chi connectivity index (χ4v) is 1.46. The van der Waals surface area contributed by atoms with E-state index in [0.29, 0.717) is 0 Å². The minimum atomic E-state index is 1.30. The van der Waals surface area contributed by atoms with Crippen LogP contribution >= 0.6 is 0 Å². The predicted octanol–water partition coefficient (Wildman–Crippen LogP) is 3.44. The zero-order chi connectivity index (χ0) is 7.40. The molecule has 56 valence electrons. The van der Waals surface area contributed by atoms with Crippen LogP contribution in [0, 0.1) is 0 Å². The molecule has 0 unspecified atom stereocenters. The second-order valence-corrected chi connectivity index (χ2v) is 3.29. The van der Waals surface area contributed by atoms with Crippen LogP contribution in [0.5, 0.6) is 0 Å². The molecule has 1 fully saturated rings. The third kappa shape index (κ3) is 2.41. The van der Waals surface area contributed by atoms with Gasteiger partial charge in [0.15, 0.2) is 0 Å². The van der Waals surface area contributed by atoms with E-state index in [1.165, 1.54) is 37.7 Å². The normalized spacial score (nSPS) is 18.4. The van der Waals surface area contributed by atoms with Crippen LogP contribution in [0.15, 0.2) is 16.9 Å². The Bertz CT molecular complexity index is 156. The van der Waals surface area contributed by atoms with Gasteiger partial charge in [-0.2, -0.15) is 0 Å². The molecule has 0 aromatic rings. The van der Waals surface area contributed by atoms with Gasteiger partial charge in [0, 0.05) is 0 Å². The van der Waals surface area contributed by atoms with Gasteiger partial charge < -0.3 is 0 Å². The van der Waals surface area contributed by atoms with Gasteiger partial charge in [-0.05, 0) is 50.7 Å². The first-order valence-electron chi connectivity index (χ1n) is 4.21. The molecule has 0 aliphatic heterocycles. The average Bonchev–Trinajstić information content (AvgIpc) is 1.88. The second-order valence-electron chi connectivity index (χ2n) is 3.29. The molecule has 1 aliphatic rings. The lowest BCUT2D eigenvalue weighted by Gasteiger charge is -2.10. The molecule has 1 aliphatic carbocycles. The highest BCUT2D eigenvalue weighted by Gasteiger charge is 2.03. The van der Waals surface area contributed by atoms with Crippen molar-refractivity contribution in [3.05, 3.63) is 16.9 Å². The Balaban J connectivity index is 2.62. The van der Waals surface area contributed by atoms with E-state index in [-0.39, 0.29) is 0 Å². The van der Waals surface area contributed by atoms with E-state index in [1.54, 1.807) is 5.57 Å². The Morgan fingerprint density at radius 2 is 1.70 bits per heavy atom. The van der Waals surface area contributed by atoms with Crippen LogP contribution < -0.4 is 0 Å². The Morgan fingerprint density at radius 3 is 2.20 bits per heavy atom. The summed E-state index contributed by atoms with van der Waals surface area (Å²) in [5.74, 6) is 0. The van der Waals surface area contributed by atoms with Crippen LogP contribution in [0.2, 0.25) is 0 Å². The lowest BCUT2D eigenvalue weighted by molar-refractivity contribution is 0.600. The van der Waals surface area contributed by atoms with Crippen molar-refractivity contribution < 1.29 is 0 Å². The van der Waals surface area contributed by atoms with Crippen molar-refractivity contribution in [1.82, 2.24) is 0 Å². The summed E-state index contributed by atoms with van der Waals surface area (Å²) in [6.45, 7) is 4.25. The first-order chi connectivity index (χ1) is 4.79. The van der Waals surface area contributed by atoms with Crippen molar-refractivity contribution >= 4 is 0 Å². The fraction of sp³-hybridized carbons (Fsp3) is 0.700. The van der Waals surface area contributed by atoms with E-state index in [1.807, 2.05) is 0 Å². The SMILES string of the molecule is CC(C)=C=C1CCCCC1. The van der Waals surface area contributed by atoms with Gasteiger partial charge in [0.2, 0.25) is 0 Å². The maximum atomic E-state index is 3.42. The first-order valence-corrected chi connectivity index (χ1v) is 4.21. The highest BCUT2D eigenvalue weighted by Crippen LogP contribution is 2.21. The minimum absolute atomic E-state index is 1.30. The van der Waals surface area contributed by atoms with Gasteiger partial charge in [-0.25, -0.2) is 0 Å². The van der Waals surface area contributed by atoms with E-state index >= 15 is 0 Å².